The zero-order valence-electron chi connectivity index (χ0n) is 14.4. The zero-order chi connectivity index (χ0) is 18.3. The molecule has 4 nitrogen and oxygen atoms in total. The summed E-state index contributed by atoms with van der Waals surface area (Å²) < 4.78 is 9.01. The third kappa shape index (κ3) is 2.63. The largest absolute Gasteiger partial charge is 0.460 e. The number of hydrogen-bond acceptors (Lipinski definition) is 3. The van der Waals surface area contributed by atoms with E-state index in [1.165, 1.54) is 0 Å². The SMILES string of the molecule is Cc1oc2c(Br)ccc(C(c3ccc(C#N)cc3)n3ccnc3)c2c1C. The molecule has 2 aromatic heterocycles. The molecule has 0 aliphatic heterocycles. The van der Waals surface area contributed by atoms with Crippen LogP contribution in [0.1, 0.15) is 34.1 Å². The Bertz CT molecular complexity index is 1120. The first-order valence-corrected chi connectivity index (χ1v) is 9.05. The van der Waals surface area contributed by atoms with E-state index in [0.717, 1.165) is 37.9 Å². The van der Waals surface area contributed by atoms with E-state index < -0.39 is 0 Å². The third-order valence-electron chi connectivity index (χ3n) is 4.77. The van der Waals surface area contributed by atoms with E-state index in [4.69, 9.17) is 9.68 Å². The molecule has 0 aliphatic rings. The van der Waals surface area contributed by atoms with Gasteiger partial charge in [-0.15, -0.1) is 0 Å². The number of fused-ring (bicyclic) bond motifs is 1. The van der Waals surface area contributed by atoms with Crippen LogP contribution in [0.15, 0.2) is 64.0 Å². The summed E-state index contributed by atoms with van der Waals surface area (Å²) >= 11 is 3.60. The zero-order valence-corrected chi connectivity index (χ0v) is 16.0. The molecular weight excluding hydrogens is 390 g/mol. The molecule has 0 bridgehead atoms. The maximum atomic E-state index is 9.10. The van der Waals surface area contributed by atoms with Crippen molar-refractivity contribution in [1.82, 2.24) is 9.55 Å². The van der Waals surface area contributed by atoms with Gasteiger partial charge in [-0.25, -0.2) is 4.98 Å². The smallest absolute Gasteiger partial charge is 0.149 e. The molecule has 4 rings (SSSR count). The van der Waals surface area contributed by atoms with Crippen LogP contribution in [0.2, 0.25) is 0 Å². The minimum absolute atomic E-state index is 0.0588. The maximum absolute atomic E-state index is 9.10. The molecule has 26 heavy (non-hydrogen) atoms. The lowest BCUT2D eigenvalue weighted by Gasteiger charge is -2.21. The number of rotatable bonds is 3. The normalized spacial score (nSPS) is 12.2. The van der Waals surface area contributed by atoms with Crippen LogP contribution in [0, 0.1) is 25.2 Å². The Hall–Kier alpha value is -2.84. The summed E-state index contributed by atoms with van der Waals surface area (Å²) in [6.45, 7) is 4.07. The average Bonchev–Trinajstić information content (AvgIpc) is 3.28. The Kier molecular flexibility index (Phi) is 4.14. The quantitative estimate of drug-likeness (QED) is 0.450. The number of nitriles is 1. The van der Waals surface area contributed by atoms with Crippen molar-refractivity contribution in [2.45, 2.75) is 19.9 Å². The third-order valence-corrected chi connectivity index (χ3v) is 5.40. The number of halogens is 1. The lowest BCUT2D eigenvalue weighted by atomic mass is 9.93. The van der Waals surface area contributed by atoms with E-state index in [1.807, 2.05) is 49.8 Å². The molecule has 2 aromatic carbocycles. The summed E-state index contributed by atoms with van der Waals surface area (Å²) in [5.41, 5.74) is 4.87. The highest BCUT2D eigenvalue weighted by atomic mass is 79.9. The van der Waals surface area contributed by atoms with E-state index in [2.05, 4.69) is 44.5 Å². The summed E-state index contributed by atoms with van der Waals surface area (Å²) in [7, 11) is 0. The molecule has 5 heteroatoms. The molecule has 0 spiro atoms. The Labute approximate surface area is 159 Å². The maximum Gasteiger partial charge on any atom is 0.149 e. The van der Waals surface area contributed by atoms with Crippen molar-refractivity contribution in [3.05, 3.63) is 87.6 Å². The number of hydrogen-bond donors (Lipinski definition) is 0. The molecule has 4 aromatic rings. The first kappa shape index (κ1) is 16.6. The van der Waals surface area contributed by atoms with Gasteiger partial charge in [0.1, 0.15) is 11.3 Å². The van der Waals surface area contributed by atoms with Crippen LogP contribution < -0.4 is 0 Å². The van der Waals surface area contributed by atoms with E-state index in [0.29, 0.717) is 5.56 Å². The number of benzene rings is 2. The predicted molar refractivity (Wildman–Crippen MR) is 104 cm³/mol. The highest BCUT2D eigenvalue weighted by Crippen LogP contribution is 2.39. The lowest BCUT2D eigenvalue weighted by molar-refractivity contribution is 0.573. The second-order valence-electron chi connectivity index (χ2n) is 6.27. The Balaban J connectivity index is 2.00. The van der Waals surface area contributed by atoms with Gasteiger partial charge >= 0.3 is 0 Å². The Morgan fingerprint density at radius 1 is 1.15 bits per heavy atom. The molecular formula is C21H16BrN3O. The van der Waals surface area contributed by atoms with E-state index in [-0.39, 0.29) is 6.04 Å². The van der Waals surface area contributed by atoms with Crippen LogP contribution in [-0.2, 0) is 0 Å². The van der Waals surface area contributed by atoms with Gasteiger partial charge < -0.3 is 8.98 Å². The summed E-state index contributed by atoms with van der Waals surface area (Å²) in [5, 5.41) is 10.2. The average molecular weight is 406 g/mol. The van der Waals surface area contributed by atoms with Crippen LogP contribution >= 0.6 is 15.9 Å². The summed E-state index contributed by atoms with van der Waals surface area (Å²) in [4.78, 5) is 4.23. The highest BCUT2D eigenvalue weighted by Gasteiger charge is 2.23. The molecule has 2 heterocycles. The molecule has 0 aliphatic carbocycles. The number of imidazole rings is 1. The van der Waals surface area contributed by atoms with Crippen molar-refractivity contribution < 1.29 is 4.42 Å². The van der Waals surface area contributed by atoms with Crippen molar-refractivity contribution in [2.24, 2.45) is 0 Å². The van der Waals surface area contributed by atoms with Gasteiger partial charge in [0.25, 0.3) is 0 Å². The van der Waals surface area contributed by atoms with Gasteiger partial charge in [0, 0.05) is 17.8 Å². The standard InChI is InChI=1S/C21H16BrN3O/c1-13-14(2)26-21-18(22)8-7-17(19(13)21)20(25-10-9-24-12-25)16-5-3-15(11-23)4-6-16/h3-10,12,20H,1-2H3. The van der Waals surface area contributed by atoms with Gasteiger partial charge in [0.15, 0.2) is 0 Å². The molecule has 0 radical (unpaired) electrons. The van der Waals surface area contributed by atoms with Crippen LogP contribution in [0.25, 0.3) is 11.0 Å². The topological polar surface area (TPSA) is 54.8 Å². The van der Waals surface area contributed by atoms with Crippen molar-refractivity contribution in [3.63, 3.8) is 0 Å². The van der Waals surface area contributed by atoms with E-state index in [1.54, 1.807) is 6.20 Å². The molecule has 1 unspecified atom stereocenters. The number of furan rings is 1. The van der Waals surface area contributed by atoms with Gasteiger partial charge in [-0.2, -0.15) is 5.26 Å². The van der Waals surface area contributed by atoms with Crippen LogP contribution in [-0.4, -0.2) is 9.55 Å². The van der Waals surface area contributed by atoms with E-state index in [9.17, 15) is 0 Å². The molecule has 0 saturated heterocycles. The van der Waals surface area contributed by atoms with Crippen molar-refractivity contribution in [3.8, 4) is 6.07 Å². The van der Waals surface area contributed by atoms with Crippen LogP contribution in [0.5, 0.6) is 0 Å². The van der Waals surface area contributed by atoms with Gasteiger partial charge in [-0.3, -0.25) is 0 Å². The van der Waals surface area contributed by atoms with Gasteiger partial charge in [-0.1, -0.05) is 18.2 Å². The van der Waals surface area contributed by atoms with Gasteiger partial charge in [-0.05, 0) is 64.7 Å². The first-order chi connectivity index (χ1) is 12.6. The van der Waals surface area contributed by atoms with Crippen molar-refractivity contribution >= 4 is 26.9 Å². The second-order valence-corrected chi connectivity index (χ2v) is 7.12. The second kappa shape index (κ2) is 6.47. The molecule has 0 saturated carbocycles. The Morgan fingerprint density at radius 2 is 1.92 bits per heavy atom. The minimum Gasteiger partial charge on any atom is -0.460 e. The minimum atomic E-state index is -0.0588. The summed E-state index contributed by atoms with van der Waals surface area (Å²) in [6.07, 6.45) is 5.55. The molecule has 0 fully saturated rings. The predicted octanol–water partition coefficient (Wildman–Crippen LogP) is 5.52. The molecule has 128 valence electrons. The van der Waals surface area contributed by atoms with Crippen molar-refractivity contribution in [2.75, 3.05) is 0 Å². The number of aromatic nitrogens is 2. The molecule has 0 N–H and O–H groups in total. The van der Waals surface area contributed by atoms with Crippen molar-refractivity contribution in [1.29, 1.82) is 5.26 Å². The number of nitrogens with zero attached hydrogens (tertiary/aromatic N) is 3. The fourth-order valence-corrected chi connectivity index (χ4v) is 3.78. The monoisotopic (exact) mass is 405 g/mol. The fraction of sp³-hybridized carbons (Fsp3) is 0.143. The number of aryl methyl sites for hydroxylation is 2. The van der Waals surface area contributed by atoms with Gasteiger partial charge in [0.2, 0.25) is 0 Å². The van der Waals surface area contributed by atoms with E-state index >= 15 is 0 Å². The first-order valence-electron chi connectivity index (χ1n) is 8.25. The lowest BCUT2D eigenvalue weighted by Crippen LogP contribution is -2.11. The van der Waals surface area contributed by atoms with Crippen LogP contribution in [0.4, 0.5) is 0 Å². The van der Waals surface area contributed by atoms with Crippen LogP contribution in [0.3, 0.4) is 0 Å². The Morgan fingerprint density at radius 3 is 2.58 bits per heavy atom. The summed E-state index contributed by atoms with van der Waals surface area (Å²) in [6, 6.07) is 14.0. The fourth-order valence-electron chi connectivity index (χ4n) is 3.37. The molecule has 1 atom stereocenters. The molecule has 0 amide bonds. The summed E-state index contributed by atoms with van der Waals surface area (Å²) in [5.74, 6) is 0.914. The van der Waals surface area contributed by atoms with Gasteiger partial charge in [0.05, 0.1) is 28.5 Å². The highest BCUT2D eigenvalue weighted by molar-refractivity contribution is 9.10.